The number of benzene rings is 1. The second kappa shape index (κ2) is 5.76. The number of hydrogen-bond donors (Lipinski definition) is 1. The summed E-state index contributed by atoms with van der Waals surface area (Å²) in [5.41, 5.74) is 0.379. The summed E-state index contributed by atoms with van der Waals surface area (Å²) >= 11 is 5.97. The number of ether oxygens (including phenoxy) is 1. The monoisotopic (exact) mass is 311 g/mol. The first-order chi connectivity index (χ1) is 9.67. The van der Waals surface area contributed by atoms with Gasteiger partial charge in [-0.05, 0) is 62.8 Å². The van der Waals surface area contributed by atoms with E-state index in [1.54, 1.807) is 30.1 Å². The van der Waals surface area contributed by atoms with Crippen LogP contribution in [-0.2, 0) is 4.74 Å². The van der Waals surface area contributed by atoms with Gasteiger partial charge < -0.3 is 14.7 Å². The summed E-state index contributed by atoms with van der Waals surface area (Å²) in [6.45, 7) is 6.17. The maximum absolute atomic E-state index is 11.9. The average Bonchev–Trinajstić information content (AvgIpc) is 3.09. The third-order valence-electron chi connectivity index (χ3n) is 3.53. The molecule has 1 fully saturated rings. The van der Waals surface area contributed by atoms with Gasteiger partial charge in [0.05, 0.1) is 0 Å². The first-order valence-electron chi connectivity index (χ1n) is 7.10. The largest absolute Gasteiger partial charge is 0.508 e. The molecule has 0 aliphatic heterocycles. The van der Waals surface area contributed by atoms with Gasteiger partial charge in [-0.3, -0.25) is 0 Å². The van der Waals surface area contributed by atoms with Crippen LogP contribution in [0.4, 0.5) is 4.79 Å². The van der Waals surface area contributed by atoms with Crippen LogP contribution in [0.1, 0.15) is 38.7 Å². The summed E-state index contributed by atoms with van der Waals surface area (Å²) in [5.74, 6) is 0.868. The molecule has 0 aromatic heterocycles. The van der Waals surface area contributed by atoms with E-state index in [1.807, 2.05) is 20.8 Å². The van der Waals surface area contributed by atoms with Crippen molar-refractivity contribution in [3.63, 3.8) is 0 Å². The van der Waals surface area contributed by atoms with Crippen molar-refractivity contribution in [2.45, 2.75) is 38.7 Å². The lowest BCUT2D eigenvalue weighted by Crippen LogP contribution is -2.35. The fraction of sp³-hybridized carbons (Fsp3) is 0.562. The van der Waals surface area contributed by atoms with Crippen LogP contribution in [0.25, 0.3) is 0 Å². The number of phenols is 1. The van der Waals surface area contributed by atoms with Crippen molar-refractivity contribution in [1.29, 1.82) is 0 Å². The third-order valence-corrected chi connectivity index (χ3v) is 3.76. The number of amides is 1. The van der Waals surface area contributed by atoms with Crippen molar-refractivity contribution in [1.82, 2.24) is 4.90 Å². The Labute approximate surface area is 130 Å². The molecule has 1 aliphatic rings. The topological polar surface area (TPSA) is 49.8 Å². The molecule has 1 aromatic rings. The van der Waals surface area contributed by atoms with Crippen LogP contribution in [-0.4, -0.2) is 35.3 Å². The Bertz CT molecular complexity index is 539. The third kappa shape index (κ3) is 4.27. The number of rotatable bonds is 3. The van der Waals surface area contributed by atoms with E-state index < -0.39 is 5.60 Å². The van der Waals surface area contributed by atoms with Crippen molar-refractivity contribution in [2.75, 3.05) is 13.6 Å². The van der Waals surface area contributed by atoms with Gasteiger partial charge in [0.15, 0.2) is 0 Å². The summed E-state index contributed by atoms with van der Waals surface area (Å²) < 4.78 is 5.33. The van der Waals surface area contributed by atoms with Crippen molar-refractivity contribution >= 4 is 17.7 Å². The standard InChI is InChI=1S/C16H22ClNO3/c1-16(2,3)21-15(20)18(4)9-10-7-12(10)13-8-11(17)5-6-14(13)19/h5-6,8,10,12,19H,7,9H2,1-4H3. The first-order valence-corrected chi connectivity index (χ1v) is 7.47. The predicted octanol–water partition coefficient (Wildman–Crippen LogP) is 4.02. The summed E-state index contributed by atoms with van der Waals surface area (Å²) in [6.07, 6.45) is 0.629. The van der Waals surface area contributed by atoms with E-state index in [4.69, 9.17) is 16.3 Å². The molecule has 1 N–H and O–H groups in total. The van der Waals surface area contributed by atoms with E-state index in [0.29, 0.717) is 17.5 Å². The SMILES string of the molecule is CN(CC1CC1c1cc(Cl)ccc1O)C(=O)OC(C)(C)C. The van der Waals surface area contributed by atoms with Crippen LogP contribution >= 0.6 is 11.6 Å². The zero-order valence-electron chi connectivity index (χ0n) is 12.9. The Morgan fingerprint density at radius 3 is 2.76 bits per heavy atom. The lowest BCUT2D eigenvalue weighted by Gasteiger charge is -2.24. The maximum Gasteiger partial charge on any atom is 0.410 e. The molecule has 0 saturated heterocycles. The minimum absolute atomic E-state index is 0.258. The lowest BCUT2D eigenvalue weighted by molar-refractivity contribution is 0.0290. The van der Waals surface area contributed by atoms with Gasteiger partial charge in [-0.15, -0.1) is 0 Å². The Morgan fingerprint density at radius 1 is 1.48 bits per heavy atom. The molecule has 2 rings (SSSR count). The Morgan fingerprint density at radius 2 is 2.14 bits per heavy atom. The van der Waals surface area contributed by atoms with Gasteiger partial charge in [0.1, 0.15) is 11.4 Å². The Kier molecular flexibility index (Phi) is 4.38. The average molecular weight is 312 g/mol. The normalized spacial score (nSPS) is 21.0. The lowest BCUT2D eigenvalue weighted by atomic mass is 10.1. The van der Waals surface area contributed by atoms with Crippen molar-refractivity contribution in [2.24, 2.45) is 5.92 Å². The summed E-state index contributed by atoms with van der Waals surface area (Å²) in [5, 5.41) is 10.5. The molecule has 1 amide bonds. The molecule has 0 bridgehead atoms. The van der Waals surface area contributed by atoms with Crippen LogP contribution in [0, 0.1) is 5.92 Å². The molecule has 1 aliphatic carbocycles. The zero-order chi connectivity index (χ0) is 15.8. The number of phenolic OH excluding ortho intramolecular Hbond substituents is 1. The fourth-order valence-corrected chi connectivity index (χ4v) is 2.60. The summed E-state index contributed by atoms with van der Waals surface area (Å²) in [4.78, 5) is 13.5. The van der Waals surface area contributed by atoms with Gasteiger partial charge in [-0.1, -0.05) is 11.6 Å². The highest BCUT2D eigenvalue weighted by molar-refractivity contribution is 6.30. The highest BCUT2D eigenvalue weighted by Gasteiger charge is 2.41. The highest BCUT2D eigenvalue weighted by atomic mass is 35.5. The van der Waals surface area contributed by atoms with Crippen molar-refractivity contribution in [3.8, 4) is 5.75 Å². The van der Waals surface area contributed by atoms with E-state index in [-0.39, 0.29) is 17.8 Å². The predicted molar refractivity (Wildman–Crippen MR) is 82.8 cm³/mol. The van der Waals surface area contributed by atoms with E-state index in [2.05, 4.69) is 0 Å². The molecular formula is C16H22ClNO3. The second-order valence-corrected chi connectivity index (χ2v) is 7.10. The molecule has 2 atom stereocenters. The molecule has 1 saturated carbocycles. The maximum atomic E-state index is 11.9. The molecule has 21 heavy (non-hydrogen) atoms. The van der Waals surface area contributed by atoms with Crippen LogP contribution in [0.5, 0.6) is 5.75 Å². The van der Waals surface area contributed by atoms with Crippen molar-refractivity contribution < 1.29 is 14.6 Å². The minimum Gasteiger partial charge on any atom is -0.508 e. The molecule has 116 valence electrons. The van der Waals surface area contributed by atoms with Gasteiger partial charge in [-0.25, -0.2) is 4.79 Å². The first kappa shape index (κ1) is 16.0. The number of halogens is 1. The Hall–Kier alpha value is -1.42. The van der Waals surface area contributed by atoms with Gasteiger partial charge in [0.25, 0.3) is 0 Å². The molecule has 0 radical (unpaired) electrons. The van der Waals surface area contributed by atoms with Crippen LogP contribution in [0.15, 0.2) is 18.2 Å². The molecule has 2 unspecified atom stereocenters. The second-order valence-electron chi connectivity index (χ2n) is 6.67. The van der Waals surface area contributed by atoms with Crippen LogP contribution in [0.3, 0.4) is 0 Å². The van der Waals surface area contributed by atoms with E-state index in [1.165, 1.54) is 0 Å². The number of aromatic hydroxyl groups is 1. The van der Waals surface area contributed by atoms with Gasteiger partial charge in [0, 0.05) is 18.6 Å². The van der Waals surface area contributed by atoms with Gasteiger partial charge in [0.2, 0.25) is 0 Å². The zero-order valence-corrected chi connectivity index (χ0v) is 13.6. The molecule has 0 heterocycles. The summed E-state index contributed by atoms with van der Waals surface area (Å²) in [6, 6.07) is 5.09. The van der Waals surface area contributed by atoms with Crippen LogP contribution < -0.4 is 0 Å². The van der Waals surface area contributed by atoms with Crippen molar-refractivity contribution in [3.05, 3.63) is 28.8 Å². The highest BCUT2D eigenvalue weighted by Crippen LogP contribution is 2.50. The van der Waals surface area contributed by atoms with E-state index in [9.17, 15) is 9.90 Å². The van der Waals surface area contributed by atoms with Gasteiger partial charge in [-0.2, -0.15) is 0 Å². The summed E-state index contributed by atoms with van der Waals surface area (Å²) in [7, 11) is 1.74. The number of nitrogens with zero attached hydrogens (tertiary/aromatic N) is 1. The molecule has 5 heteroatoms. The quantitative estimate of drug-likeness (QED) is 0.917. The smallest absolute Gasteiger partial charge is 0.410 e. The fourth-order valence-electron chi connectivity index (χ4n) is 2.42. The number of hydrogen-bond acceptors (Lipinski definition) is 3. The molecule has 1 aromatic carbocycles. The van der Waals surface area contributed by atoms with E-state index in [0.717, 1.165) is 12.0 Å². The van der Waals surface area contributed by atoms with Crippen LogP contribution in [0.2, 0.25) is 5.02 Å². The molecule has 0 spiro atoms. The molecule has 4 nitrogen and oxygen atoms in total. The Balaban J connectivity index is 1.92. The minimum atomic E-state index is -0.487. The molecular weight excluding hydrogens is 290 g/mol. The number of carbonyl (C=O) groups excluding carboxylic acids is 1. The van der Waals surface area contributed by atoms with E-state index >= 15 is 0 Å². The van der Waals surface area contributed by atoms with Gasteiger partial charge >= 0.3 is 6.09 Å². The number of carbonyl (C=O) groups is 1.